The largest absolute Gasteiger partial charge is 0.475 e. The van der Waals surface area contributed by atoms with Crippen LogP contribution in [0.3, 0.4) is 0 Å². The maximum Gasteiger partial charge on any atom is 0.268 e. The Labute approximate surface area is 288 Å². The lowest BCUT2D eigenvalue weighted by atomic mass is 10.00. The Morgan fingerprint density at radius 2 is 1.76 bits per heavy atom. The van der Waals surface area contributed by atoms with Crippen LogP contribution < -0.4 is 14.4 Å². The summed E-state index contributed by atoms with van der Waals surface area (Å²) in [6.45, 7) is 8.10. The number of nitrogens with one attached hydrogen (secondary N) is 2. The van der Waals surface area contributed by atoms with Crippen LogP contribution in [0, 0.1) is 25.2 Å². The van der Waals surface area contributed by atoms with Gasteiger partial charge in [-0.1, -0.05) is 68.4 Å². The maximum absolute atomic E-state index is 14.5. The van der Waals surface area contributed by atoms with E-state index in [9.17, 15) is 13.2 Å². The van der Waals surface area contributed by atoms with Gasteiger partial charge in [-0.25, -0.2) is 17.7 Å². The Kier molecular flexibility index (Phi) is 11.1. The molecular formula is C37H42N6O5S. The van der Waals surface area contributed by atoms with E-state index in [1.165, 1.54) is 30.2 Å². The number of allylic oxidation sites excluding steroid dienone is 1. The number of rotatable bonds is 10. The van der Waals surface area contributed by atoms with Crippen molar-refractivity contribution < 1.29 is 22.7 Å². The molecule has 1 amide bonds. The first-order valence-electron chi connectivity index (χ1n) is 16.0. The zero-order valence-electron chi connectivity index (χ0n) is 28.4. The van der Waals surface area contributed by atoms with Gasteiger partial charge in [0.1, 0.15) is 13.3 Å². The van der Waals surface area contributed by atoms with Crippen molar-refractivity contribution in [2.75, 3.05) is 24.8 Å². The molecule has 0 fully saturated rings. The molecular weight excluding hydrogens is 641 g/mol. The van der Waals surface area contributed by atoms with Crippen molar-refractivity contribution >= 4 is 28.1 Å². The van der Waals surface area contributed by atoms with Gasteiger partial charge in [0.15, 0.2) is 0 Å². The third-order valence-corrected chi connectivity index (χ3v) is 9.84. The molecule has 3 aromatic carbocycles. The third-order valence-electron chi connectivity index (χ3n) is 8.14. The van der Waals surface area contributed by atoms with Crippen LogP contribution in [0.25, 0.3) is 11.3 Å². The van der Waals surface area contributed by atoms with E-state index in [2.05, 4.69) is 10.3 Å². The van der Waals surface area contributed by atoms with Gasteiger partial charge >= 0.3 is 0 Å². The highest BCUT2D eigenvalue weighted by Gasteiger charge is 2.33. The molecule has 1 aliphatic rings. The number of methoxy groups -OCH3 is 1. The van der Waals surface area contributed by atoms with Crippen molar-refractivity contribution in [2.24, 2.45) is 5.92 Å². The number of anilines is 1. The highest BCUT2D eigenvalue weighted by atomic mass is 32.2. The first-order valence-corrected chi connectivity index (χ1v) is 17.5. The van der Waals surface area contributed by atoms with Gasteiger partial charge in [0, 0.05) is 43.3 Å². The molecule has 11 nitrogen and oxygen atoms in total. The van der Waals surface area contributed by atoms with Crippen LogP contribution in [-0.4, -0.2) is 61.9 Å². The maximum atomic E-state index is 14.5. The minimum atomic E-state index is -4.34. The molecule has 0 unspecified atom stereocenters. The number of fused-ring (bicyclic) bond motifs is 4. The number of aromatic nitrogens is 2. The summed E-state index contributed by atoms with van der Waals surface area (Å²) in [7, 11) is -2.96. The summed E-state index contributed by atoms with van der Waals surface area (Å²) in [5, 5.41) is 11.6. The average molecular weight is 683 g/mol. The number of nitrogens with zero attached hydrogens (tertiary/aromatic N) is 4. The number of benzene rings is 3. The summed E-state index contributed by atoms with van der Waals surface area (Å²) in [4.78, 5) is 25.2. The number of hydrogen-bond acceptors (Lipinski definition) is 9. The minimum Gasteiger partial charge on any atom is -0.475 e. The predicted molar refractivity (Wildman–Crippen MR) is 190 cm³/mol. The van der Waals surface area contributed by atoms with Gasteiger partial charge in [-0.3, -0.25) is 9.69 Å². The first kappa shape index (κ1) is 35.2. The van der Waals surface area contributed by atoms with E-state index < -0.39 is 22.0 Å². The zero-order chi connectivity index (χ0) is 35.1. The Morgan fingerprint density at radius 3 is 2.43 bits per heavy atom. The second kappa shape index (κ2) is 15.4. The van der Waals surface area contributed by atoms with Crippen LogP contribution in [0.2, 0.25) is 0 Å². The molecule has 2 N–H and O–H groups in total. The smallest absolute Gasteiger partial charge is 0.268 e. The molecule has 4 bridgehead atoms. The Morgan fingerprint density at radius 1 is 1.04 bits per heavy atom. The van der Waals surface area contributed by atoms with Crippen molar-refractivity contribution in [3.05, 3.63) is 113 Å². The van der Waals surface area contributed by atoms with Crippen LogP contribution >= 0.6 is 0 Å². The molecule has 5 rings (SSSR count). The minimum absolute atomic E-state index is 0.00709. The molecule has 0 spiro atoms. The average Bonchev–Trinajstić information content (AvgIpc) is 3.08. The fraction of sp³-hybridized carbons (Fsp3) is 0.297. The van der Waals surface area contributed by atoms with Crippen LogP contribution in [0.5, 0.6) is 5.88 Å². The molecule has 49 heavy (non-hydrogen) atoms. The molecule has 1 atom stereocenters. The molecule has 1 aliphatic heterocycles. The van der Waals surface area contributed by atoms with Crippen LogP contribution in [0.4, 0.5) is 5.95 Å². The normalized spacial score (nSPS) is 16.3. The lowest BCUT2D eigenvalue weighted by molar-refractivity contribution is 0.0679. The van der Waals surface area contributed by atoms with Gasteiger partial charge in [0.2, 0.25) is 11.8 Å². The van der Waals surface area contributed by atoms with E-state index in [1.54, 1.807) is 18.3 Å². The SMILES string of the molecule is COCN1c2nc(cc(-c3c(C)cccc3C)n2)OC[C@@H](CC(C)C)N(/C(C=N)=C/NCc2ccccc2)C(=O)c2cccc(c2)S1(=O)=O. The summed E-state index contributed by atoms with van der Waals surface area (Å²) in [6, 6.07) is 22.6. The first-order chi connectivity index (χ1) is 23.5. The summed E-state index contributed by atoms with van der Waals surface area (Å²) in [5.41, 5.74) is 4.64. The third kappa shape index (κ3) is 7.98. The molecule has 256 valence electrons. The lowest BCUT2D eigenvalue weighted by Gasteiger charge is -2.33. The fourth-order valence-corrected chi connectivity index (χ4v) is 7.19. The quantitative estimate of drug-likeness (QED) is 0.192. The van der Waals surface area contributed by atoms with Crippen LogP contribution in [0.1, 0.15) is 47.3 Å². The number of carbonyl (C=O) groups excluding carboxylic acids is 1. The van der Waals surface area contributed by atoms with E-state index in [0.717, 1.165) is 32.8 Å². The number of sulfonamides is 1. The molecule has 4 aromatic rings. The monoisotopic (exact) mass is 682 g/mol. The number of carbonyl (C=O) groups is 1. The van der Waals surface area contributed by atoms with Crippen molar-refractivity contribution in [3.63, 3.8) is 0 Å². The predicted octanol–water partition coefficient (Wildman–Crippen LogP) is 6.09. The second-order valence-electron chi connectivity index (χ2n) is 12.3. The molecule has 12 heteroatoms. The van der Waals surface area contributed by atoms with Gasteiger partial charge in [0.05, 0.1) is 22.3 Å². The molecule has 1 aromatic heterocycles. The summed E-state index contributed by atoms with van der Waals surface area (Å²) >= 11 is 0. The van der Waals surface area contributed by atoms with Crippen LogP contribution in [-0.2, 0) is 21.3 Å². The highest BCUT2D eigenvalue weighted by Crippen LogP contribution is 2.32. The second-order valence-corrected chi connectivity index (χ2v) is 14.2. The molecule has 0 radical (unpaired) electrons. The lowest BCUT2D eigenvalue weighted by Crippen LogP contribution is -2.44. The standard InChI is InChI=1S/C37H42N6O5S/c1-25(2)17-30-23-48-34-19-33(35-26(3)11-9-12-27(35)4)40-37(41-34)42(24-47-5)49(45,46)32-16-10-15-29(18-32)36(44)43(30)31(20-38)22-39-21-28-13-7-6-8-14-28/h6-16,18-20,22,25,30,38-39H,17,21,23-24H2,1-5H3/b31-22+,38-20?/t30-/m1/s1. The molecule has 0 aliphatic carbocycles. The number of ether oxygens (including phenoxy) is 2. The van der Waals surface area contributed by atoms with Gasteiger partial charge in [0.25, 0.3) is 15.9 Å². The molecule has 0 saturated carbocycles. The number of aryl methyl sites for hydroxylation is 2. The Bertz CT molecular complexity index is 1930. The highest BCUT2D eigenvalue weighted by molar-refractivity contribution is 7.92. The molecule has 2 heterocycles. The summed E-state index contributed by atoms with van der Waals surface area (Å²) in [6.07, 6.45) is 3.27. The molecule has 0 saturated heterocycles. The van der Waals surface area contributed by atoms with Gasteiger partial charge in [-0.05, 0) is 61.1 Å². The van der Waals surface area contributed by atoms with E-state index in [-0.39, 0.29) is 41.5 Å². The van der Waals surface area contributed by atoms with E-state index in [0.29, 0.717) is 24.4 Å². The van der Waals surface area contributed by atoms with Gasteiger partial charge in [-0.15, -0.1) is 0 Å². The van der Waals surface area contributed by atoms with E-state index in [4.69, 9.17) is 19.9 Å². The summed E-state index contributed by atoms with van der Waals surface area (Å²) < 4.78 is 41.3. The Hall–Kier alpha value is -5.07. The van der Waals surface area contributed by atoms with Crippen molar-refractivity contribution in [1.82, 2.24) is 20.2 Å². The fourth-order valence-electron chi connectivity index (χ4n) is 5.87. The van der Waals surface area contributed by atoms with Crippen molar-refractivity contribution in [2.45, 2.75) is 51.6 Å². The van der Waals surface area contributed by atoms with Crippen molar-refractivity contribution in [1.29, 1.82) is 5.41 Å². The van der Waals surface area contributed by atoms with Gasteiger partial charge in [-0.2, -0.15) is 4.98 Å². The summed E-state index contributed by atoms with van der Waals surface area (Å²) in [5.74, 6) is -0.336. The van der Waals surface area contributed by atoms with Gasteiger partial charge < -0.3 is 20.2 Å². The topological polar surface area (TPSA) is 138 Å². The number of hydrogen-bond donors (Lipinski definition) is 2. The van der Waals surface area contributed by atoms with Crippen LogP contribution in [0.15, 0.2) is 95.7 Å². The number of amides is 1. The Balaban J connectivity index is 1.70. The zero-order valence-corrected chi connectivity index (χ0v) is 29.2. The van der Waals surface area contributed by atoms with E-state index in [1.807, 2.05) is 76.2 Å². The van der Waals surface area contributed by atoms with Crippen molar-refractivity contribution in [3.8, 4) is 17.1 Å². The van der Waals surface area contributed by atoms with E-state index >= 15 is 0 Å².